The number of nitrogens with one attached hydrogen (secondary N) is 1. The molecule has 0 saturated carbocycles. The van der Waals surface area contributed by atoms with Gasteiger partial charge in [-0.1, -0.05) is 30.7 Å². The van der Waals surface area contributed by atoms with Crippen LogP contribution in [0.4, 0.5) is 0 Å². The van der Waals surface area contributed by atoms with Crippen molar-refractivity contribution in [2.24, 2.45) is 0 Å². The van der Waals surface area contributed by atoms with Crippen LogP contribution in [0, 0.1) is 0 Å². The highest BCUT2D eigenvalue weighted by Gasteiger charge is 2.09. The molecule has 1 rings (SSSR count). The molecule has 5 heteroatoms. The average Bonchev–Trinajstić information content (AvgIpc) is 2.42. The van der Waals surface area contributed by atoms with Gasteiger partial charge in [-0.2, -0.15) is 0 Å². The van der Waals surface area contributed by atoms with Gasteiger partial charge in [-0.05, 0) is 19.0 Å². The molecule has 0 fully saturated rings. The lowest BCUT2D eigenvalue weighted by molar-refractivity contribution is -0.128. The minimum absolute atomic E-state index is 0.112. The molecule has 0 spiro atoms. The number of carbonyl (C=O) groups excluding carboxylic acids is 1. The second-order valence-corrected chi connectivity index (χ2v) is 5.16. The molecule has 0 aliphatic rings. The van der Waals surface area contributed by atoms with Crippen LogP contribution in [-0.2, 0) is 11.3 Å². The number of amides is 1. The highest BCUT2D eigenvalue weighted by atomic mass is 35.5. The highest BCUT2D eigenvalue weighted by Crippen LogP contribution is 2.28. The van der Waals surface area contributed by atoms with Crippen LogP contribution in [-0.4, -0.2) is 38.1 Å². The number of rotatable bonds is 8. The number of nitrogens with zero attached hydrogens (tertiary/aromatic N) is 1. The molecule has 1 aromatic carbocycles. The summed E-state index contributed by atoms with van der Waals surface area (Å²) in [6.45, 7) is 4.16. The molecule has 0 unspecified atom stereocenters. The molecule has 1 N–H and O–H groups in total. The fraction of sp³-hybridized carbons (Fsp3) is 0.533. The predicted octanol–water partition coefficient (Wildman–Crippen LogP) is 2.70. The number of ether oxygens (including phenoxy) is 1. The van der Waals surface area contributed by atoms with Crippen LogP contribution in [0.15, 0.2) is 18.2 Å². The molecule has 0 aliphatic heterocycles. The lowest BCUT2D eigenvalue weighted by Gasteiger charge is -2.14. The molecule has 0 bridgehead atoms. The van der Waals surface area contributed by atoms with E-state index in [1.165, 1.54) is 0 Å². The molecule has 0 heterocycles. The largest absolute Gasteiger partial charge is 0.492 e. The Morgan fingerprint density at radius 1 is 1.40 bits per heavy atom. The Hall–Kier alpha value is -1.26. The van der Waals surface area contributed by atoms with Crippen LogP contribution in [0.3, 0.4) is 0 Å². The zero-order valence-corrected chi connectivity index (χ0v) is 13.2. The van der Waals surface area contributed by atoms with Crippen molar-refractivity contribution in [1.82, 2.24) is 10.2 Å². The topological polar surface area (TPSA) is 41.6 Å². The number of benzene rings is 1. The Morgan fingerprint density at radius 3 is 2.80 bits per heavy atom. The van der Waals surface area contributed by atoms with E-state index in [-0.39, 0.29) is 5.91 Å². The monoisotopic (exact) mass is 298 g/mol. The molecule has 0 aromatic heterocycles. The van der Waals surface area contributed by atoms with Gasteiger partial charge in [0.25, 0.3) is 0 Å². The third-order valence-electron chi connectivity index (χ3n) is 2.89. The van der Waals surface area contributed by atoms with E-state index in [0.717, 1.165) is 18.7 Å². The third kappa shape index (κ3) is 5.39. The van der Waals surface area contributed by atoms with Crippen molar-refractivity contribution in [3.63, 3.8) is 0 Å². The lowest BCUT2D eigenvalue weighted by Crippen LogP contribution is -2.21. The van der Waals surface area contributed by atoms with Gasteiger partial charge in [0.05, 0.1) is 11.6 Å². The molecule has 1 aromatic rings. The summed E-state index contributed by atoms with van der Waals surface area (Å²) >= 11 is 6.17. The zero-order valence-electron chi connectivity index (χ0n) is 12.4. The van der Waals surface area contributed by atoms with E-state index in [4.69, 9.17) is 16.3 Å². The smallest absolute Gasteiger partial charge is 0.222 e. The summed E-state index contributed by atoms with van der Waals surface area (Å²) in [6.07, 6.45) is 1.17. The van der Waals surface area contributed by atoms with E-state index in [1.54, 1.807) is 19.0 Å². The van der Waals surface area contributed by atoms with E-state index >= 15 is 0 Å². The normalized spacial score (nSPS) is 10.4. The maximum Gasteiger partial charge on any atom is 0.222 e. The molecule has 4 nitrogen and oxygen atoms in total. The van der Waals surface area contributed by atoms with Crippen LogP contribution in [0.5, 0.6) is 5.75 Å². The summed E-state index contributed by atoms with van der Waals surface area (Å²) in [5.41, 5.74) is 1.04. The van der Waals surface area contributed by atoms with Crippen molar-refractivity contribution in [2.75, 3.05) is 27.2 Å². The van der Waals surface area contributed by atoms with Gasteiger partial charge in [0.1, 0.15) is 5.75 Å². The van der Waals surface area contributed by atoms with Crippen LogP contribution in [0.1, 0.15) is 25.3 Å². The Labute approximate surface area is 126 Å². The number of hydrogen-bond donors (Lipinski definition) is 1. The maximum atomic E-state index is 11.5. The Balaban J connectivity index is 2.52. The zero-order chi connectivity index (χ0) is 15.0. The highest BCUT2D eigenvalue weighted by molar-refractivity contribution is 6.32. The second-order valence-electron chi connectivity index (χ2n) is 4.75. The van der Waals surface area contributed by atoms with E-state index in [9.17, 15) is 4.79 Å². The Bertz CT molecular complexity index is 436. The summed E-state index contributed by atoms with van der Waals surface area (Å²) < 4.78 is 5.75. The van der Waals surface area contributed by atoms with E-state index in [0.29, 0.717) is 30.2 Å². The number of carbonyl (C=O) groups is 1. The average molecular weight is 299 g/mol. The molecular weight excluding hydrogens is 276 g/mol. The van der Waals surface area contributed by atoms with Gasteiger partial charge in [-0.3, -0.25) is 4.79 Å². The van der Waals surface area contributed by atoms with Crippen molar-refractivity contribution in [2.45, 2.75) is 26.3 Å². The van der Waals surface area contributed by atoms with Crippen molar-refractivity contribution >= 4 is 17.5 Å². The first-order valence-electron chi connectivity index (χ1n) is 6.87. The minimum Gasteiger partial charge on any atom is -0.492 e. The Kier molecular flexibility index (Phi) is 7.41. The van der Waals surface area contributed by atoms with Crippen molar-refractivity contribution < 1.29 is 9.53 Å². The van der Waals surface area contributed by atoms with Crippen LogP contribution >= 0.6 is 11.6 Å². The van der Waals surface area contributed by atoms with E-state index < -0.39 is 0 Å². The second kappa shape index (κ2) is 8.82. The predicted molar refractivity (Wildman–Crippen MR) is 82.3 cm³/mol. The Morgan fingerprint density at radius 2 is 2.15 bits per heavy atom. The number of halogens is 1. The molecule has 20 heavy (non-hydrogen) atoms. The fourth-order valence-corrected chi connectivity index (χ4v) is 1.98. The first kappa shape index (κ1) is 16.8. The first-order valence-corrected chi connectivity index (χ1v) is 7.25. The maximum absolute atomic E-state index is 11.5. The van der Waals surface area contributed by atoms with E-state index in [2.05, 4.69) is 12.2 Å². The van der Waals surface area contributed by atoms with Crippen LogP contribution < -0.4 is 10.1 Å². The molecular formula is C15H23ClN2O2. The molecule has 0 aliphatic carbocycles. The molecule has 0 atom stereocenters. The summed E-state index contributed by atoms with van der Waals surface area (Å²) in [6, 6.07) is 5.73. The van der Waals surface area contributed by atoms with Gasteiger partial charge < -0.3 is 15.0 Å². The van der Waals surface area contributed by atoms with Gasteiger partial charge in [-0.15, -0.1) is 0 Å². The first-order chi connectivity index (χ1) is 9.56. The van der Waals surface area contributed by atoms with Crippen LogP contribution in [0.2, 0.25) is 5.02 Å². The fourth-order valence-electron chi connectivity index (χ4n) is 1.74. The standard InChI is InChI=1S/C15H23ClN2O2/c1-4-17-11-12-7-5-8-13(16)15(12)20-10-6-9-14(19)18(2)3/h5,7-8,17H,4,6,9-11H2,1-3H3. The summed E-state index contributed by atoms with van der Waals surface area (Å²) in [4.78, 5) is 13.1. The van der Waals surface area contributed by atoms with Crippen molar-refractivity contribution in [3.8, 4) is 5.75 Å². The summed E-state index contributed by atoms with van der Waals surface area (Å²) in [7, 11) is 3.51. The molecule has 0 radical (unpaired) electrons. The quantitative estimate of drug-likeness (QED) is 0.750. The van der Waals surface area contributed by atoms with E-state index in [1.807, 2.05) is 18.2 Å². The van der Waals surface area contributed by atoms with Gasteiger partial charge >= 0.3 is 0 Å². The lowest BCUT2D eigenvalue weighted by atomic mass is 10.2. The summed E-state index contributed by atoms with van der Waals surface area (Å²) in [5, 5.41) is 3.87. The number of para-hydroxylation sites is 1. The molecule has 1 amide bonds. The summed E-state index contributed by atoms with van der Waals surface area (Å²) in [5.74, 6) is 0.827. The number of hydrogen-bond acceptors (Lipinski definition) is 3. The SMILES string of the molecule is CCNCc1cccc(Cl)c1OCCCC(=O)N(C)C. The molecule has 0 saturated heterocycles. The van der Waals surface area contributed by atoms with Gasteiger partial charge in [0, 0.05) is 32.6 Å². The minimum atomic E-state index is 0.112. The van der Waals surface area contributed by atoms with Crippen LogP contribution in [0.25, 0.3) is 0 Å². The van der Waals surface area contributed by atoms with Crippen molar-refractivity contribution in [1.29, 1.82) is 0 Å². The van der Waals surface area contributed by atoms with Gasteiger partial charge in [0.2, 0.25) is 5.91 Å². The third-order valence-corrected chi connectivity index (χ3v) is 3.19. The van der Waals surface area contributed by atoms with Crippen molar-refractivity contribution in [3.05, 3.63) is 28.8 Å². The molecule has 112 valence electrons. The van der Waals surface area contributed by atoms with Gasteiger partial charge in [-0.25, -0.2) is 0 Å². The van der Waals surface area contributed by atoms with Gasteiger partial charge in [0.15, 0.2) is 0 Å².